The molecule has 0 heterocycles. The SMILES string of the molecule is CN(C)C=O.N#CC(CCC(=O)Cl)(c1ccccc1)c1ccccc1. The predicted molar refractivity (Wildman–Crippen MR) is 99.1 cm³/mol. The minimum Gasteiger partial charge on any atom is -0.351 e. The van der Waals surface area contributed by atoms with Crippen LogP contribution >= 0.6 is 11.6 Å². The lowest BCUT2D eigenvalue weighted by atomic mass is 9.72. The third kappa shape index (κ3) is 6.06. The van der Waals surface area contributed by atoms with Crippen molar-refractivity contribution in [1.29, 1.82) is 5.26 Å². The van der Waals surface area contributed by atoms with Crippen molar-refractivity contribution in [3.63, 3.8) is 0 Å². The highest BCUT2D eigenvalue weighted by Crippen LogP contribution is 2.36. The molecule has 0 radical (unpaired) electrons. The monoisotopic (exact) mass is 356 g/mol. The molecule has 25 heavy (non-hydrogen) atoms. The van der Waals surface area contributed by atoms with Crippen molar-refractivity contribution in [3.8, 4) is 6.07 Å². The van der Waals surface area contributed by atoms with Crippen LogP contribution in [0, 0.1) is 11.3 Å². The second-order valence-electron chi connectivity index (χ2n) is 5.67. The number of carbonyl (C=O) groups excluding carboxylic acids is 2. The zero-order valence-corrected chi connectivity index (χ0v) is 15.1. The molecule has 2 aromatic rings. The number of nitrogens with zero attached hydrogens (tertiary/aromatic N) is 2. The summed E-state index contributed by atoms with van der Waals surface area (Å²) in [7, 11) is 3.38. The summed E-state index contributed by atoms with van der Waals surface area (Å²) in [6.07, 6.45) is 1.29. The van der Waals surface area contributed by atoms with Gasteiger partial charge in [0, 0.05) is 20.5 Å². The Kier molecular flexibility index (Phi) is 8.38. The Morgan fingerprint density at radius 2 is 1.48 bits per heavy atom. The fraction of sp³-hybridized carbons (Fsp3) is 0.250. The van der Waals surface area contributed by atoms with E-state index < -0.39 is 10.7 Å². The van der Waals surface area contributed by atoms with Gasteiger partial charge in [-0.05, 0) is 29.1 Å². The zero-order chi connectivity index (χ0) is 18.7. The Bertz CT molecular complexity index is 670. The lowest BCUT2D eigenvalue weighted by molar-refractivity contribution is -0.116. The van der Waals surface area contributed by atoms with E-state index in [9.17, 15) is 14.9 Å². The average molecular weight is 357 g/mol. The molecule has 4 nitrogen and oxygen atoms in total. The molecule has 130 valence electrons. The Balaban J connectivity index is 0.000000550. The van der Waals surface area contributed by atoms with Crippen molar-refractivity contribution in [2.75, 3.05) is 14.1 Å². The molecule has 0 aliphatic carbocycles. The Labute approximate surface area is 153 Å². The molecule has 2 rings (SSSR count). The molecular formula is C20H21ClN2O2. The molecule has 1 amide bonds. The molecule has 0 spiro atoms. The van der Waals surface area contributed by atoms with Gasteiger partial charge >= 0.3 is 0 Å². The number of benzene rings is 2. The van der Waals surface area contributed by atoms with E-state index in [2.05, 4.69) is 6.07 Å². The molecule has 0 N–H and O–H groups in total. The maximum Gasteiger partial charge on any atom is 0.221 e. The summed E-state index contributed by atoms with van der Waals surface area (Å²) >= 11 is 5.47. The fourth-order valence-electron chi connectivity index (χ4n) is 2.37. The molecule has 0 aliphatic heterocycles. The largest absolute Gasteiger partial charge is 0.351 e. The average Bonchev–Trinajstić information content (AvgIpc) is 2.65. The van der Waals surface area contributed by atoms with E-state index in [0.717, 1.165) is 17.5 Å². The van der Waals surface area contributed by atoms with Gasteiger partial charge in [0.05, 0.1) is 6.07 Å². The molecule has 0 saturated heterocycles. The number of nitriles is 1. The van der Waals surface area contributed by atoms with Crippen molar-refractivity contribution < 1.29 is 9.59 Å². The minimum atomic E-state index is -0.840. The summed E-state index contributed by atoms with van der Waals surface area (Å²) in [4.78, 5) is 22.0. The van der Waals surface area contributed by atoms with Crippen LogP contribution in [0.1, 0.15) is 24.0 Å². The predicted octanol–water partition coefficient (Wildman–Crippen LogP) is 3.75. The molecule has 0 bridgehead atoms. The van der Waals surface area contributed by atoms with E-state index >= 15 is 0 Å². The van der Waals surface area contributed by atoms with Gasteiger partial charge in [0.25, 0.3) is 0 Å². The Morgan fingerprint density at radius 3 is 1.76 bits per heavy atom. The highest BCUT2D eigenvalue weighted by Gasteiger charge is 2.34. The molecule has 2 aromatic carbocycles. The lowest BCUT2D eigenvalue weighted by Gasteiger charge is -2.27. The molecular weight excluding hydrogens is 336 g/mol. The summed E-state index contributed by atoms with van der Waals surface area (Å²) in [6.45, 7) is 0. The van der Waals surface area contributed by atoms with Crippen molar-refractivity contribution in [2.45, 2.75) is 18.3 Å². The van der Waals surface area contributed by atoms with Crippen LogP contribution in [0.5, 0.6) is 0 Å². The Hall–Kier alpha value is -2.64. The lowest BCUT2D eigenvalue weighted by Crippen LogP contribution is -2.26. The molecule has 0 atom stereocenters. The molecule has 0 unspecified atom stereocenters. The van der Waals surface area contributed by atoms with Crippen molar-refractivity contribution >= 4 is 23.3 Å². The molecule has 0 aliphatic rings. The van der Waals surface area contributed by atoms with Crippen LogP contribution in [-0.4, -0.2) is 30.6 Å². The quantitative estimate of drug-likeness (QED) is 0.585. The first-order valence-corrected chi connectivity index (χ1v) is 8.16. The van der Waals surface area contributed by atoms with Gasteiger partial charge < -0.3 is 4.90 Å². The minimum absolute atomic E-state index is 0.166. The molecule has 0 saturated carbocycles. The van der Waals surface area contributed by atoms with E-state index in [1.807, 2.05) is 60.7 Å². The number of hydrogen-bond acceptors (Lipinski definition) is 3. The van der Waals surface area contributed by atoms with E-state index in [1.54, 1.807) is 14.1 Å². The number of halogens is 1. The summed E-state index contributed by atoms with van der Waals surface area (Å²) in [6, 6.07) is 21.4. The number of carbonyl (C=O) groups is 2. The van der Waals surface area contributed by atoms with Crippen molar-refractivity contribution in [3.05, 3.63) is 71.8 Å². The van der Waals surface area contributed by atoms with Gasteiger partial charge in [-0.1, -0.05) is 60.7 Å². The van der Waals surface area contributed by atoms with Crippen LogP contribution in [0.4, 0.5) is 0 Å². The van der Waals surface area contributed by atoms with Crippen LogP contribution < -0.4 is 0 Å². The first-order valence-electron chi connectivity index (χ1n) is 7.78. The van der Waals surface area contributed by atoms with E-state index in [4.69, 9.17) is 11.6 Å². The first kappa shape index (κ1) is 20.4. The molecule has 0 fully saturated rings. The summed E-state index contributed by atoms with van der Waals surface area (Å²) in [5.41, 5.74) is 0.922. The first-order chi connectivity index (χ1) is 12.0. The smallest absolute Gasteiger partial charge is 0.221 e. The third-order valence-corrected chi connectivity index (χ3v) is 3.82. The van der Waals surface area contributed by atoms with Crippen LogP contribution in [0.3, 0.4) is 0 Å². The van der Waals surface area contributed by atoms with Crippen molar-refractivity contribution in [2.24, 2.45) is 0 Å². The third-order valence-electron chi connectivity index (χ3n) is 3.63. The normalized spacial score (nSPS) is 10.0. The maximum absolute atomic E-state index is 11.1. The molecule has 5 heteroatoms. The van der Waals surface area contributed by atoms with Gasteiger partial charge in [0.15, 0.2) is 0 Å². The fourth-order valence-corrected chi connectivity index (χ4v) is 2.47. The van der Waals surface area contributed by atoms with E-state index in [0.29, 0.717) is 6.42 Å². The summed E-state index contributed by atoms with van der Waals surface area (Å²) < 4.78 is 0. The van der Waals surface area contributed by atoms with Crippen LogP contribution in [0.15, 0.2) is 60.7 Å². The van der Waals surface area contributed by atoms with Crippen LogP contribution in [0.25, 0.3) is 0 Å². The van der Waals surface area contributed by atoms with Crippen LogP contribution in [0.2, 0.25) is 0 Å². The number of hydrogen-bond donors (Lipinski definition) is 0. The van der Waals surface area contributed by atoms with Crippen molar-refractivity contribution in [1.82, 2.24) is 4.90 Å². The highest BCUT2D eigenvalue weighted by atomic mass is 35.5. The zero-order valence-electron chi connectivity index (χ0n) is 14.4. The summed E-state index contributed by atoms with van der Waals surface area (Å²) in [5, 5.41) is 9.37. The topological polar surface area (TPSA) is 61.2 Å². The van der Waals surface area contributed by atoms with Gasteiger partial charge in [-0.15, -0.1) is 0 Å². The van der Waals surface area contributed by atoms with E-state index in [-0.39, 0.29) is 6.42 Å². The Morgan fingerprint density at radius 1 is 1.08 bits per heavy atom. The van der Waals surface area contributed by atoms with E-state index in [1.165, 1.54) is 4.90 Å². The van der Waals surface area contributed by atoms with Gasteiger partial charge in [-0.25, -0.2) is 0 Å². The second kappa shape index (κ2) is 10.3. The van der Waals surface area contributed by atoms with Gasteiger partial charge in [-0.3, -0.25) is 9.59 Å². The number of rotatable bonds is 6. The van der Waals surface area contributed by atoms with Crippen LogP contribution in [-0.2, 0) is 15.0 Å². The standard InChI is InChI=1S/C17H14ClNO.C3H7NO/c18-16(20)11-12-17(13-19,14-7-3-1-4-8-14)15-9-5-2-6-10-15;1-4(2)3-5/h1-10H,11-12H2;3H,1-2H3. The molecule has 0 aromatic heterocycles. The highest BCUT2D eigenvalue weighted by molar-refractivity contribution is 6.63. The van der Waals surface area contributed by atoms with Gasteiger partial charge in [0.1, 0.15) is 5.41 Å². The van der Waals surface area contributed by atoms with Gasteiger partial charge in [0.2, 0.25) is 11.7 Å². The number of amides is 1. The van der Waals surface area contributed by atoms with Gasteiger partial charge in [-0.2, -0.15) is 5.26 Å². The maximum atomic E-state index is 11.1. The summed E-state index contributed by atoms with van der Waals surface area (Å²) in [5.74, 6) is 0. The second-order valence-corrected chi connectivity index (χ2v) is 6.09.